The molecule has 0 fully saturated rings. The van der Waals surface area contributed by atoms with Crippen molar-refractivity contribution in [1.82, 2.24) is 4.98 Å². The van der Waals surface area contributed by atoms with Crippen LogP contribution in [0, 0.1) is 13.8 Å². The molecule has 0 aliphatic rings. The first-order chi connectivity index (χ1) is 14.8. The summed E-state index contributed by atoms with van der Waals surface area (Å²) < 4.78 is 0. The summed E-state index contributed by atoms with van der Waals surface area (Å²) in [5.41, 5.74) is 5.45. The molecule has 5 heteroatoms. The Bertz CT molecular complexity index is 1060. The Labute approximate surface area is 208 Å². The van der Waals surface area contributed by atoms with Crippen LogP contribution in [-0.2, 0) is 27.3 Å². The summed E-state index contributed by atoms with van der Waals surface area (Å²) in [4.78, 5) is 8.69. The van der Waals surface area contributed by atoms with Crippen LogP contribution in [0.5, 0.6) is 11.5 Å². The number of para-hydroxylation sites is 1. The van der Waals surface area contributed by atoms with Crippen molar-refractivity contribution in [3.63, 3.8) is 0 Å². The summed E-state index contributed by atoms with van der Waals surface area (Å²) in [6, 6.07) is 15.3. The Kier molecular flexibility index (Phi) is 9.87. The molecule has 3 aromatic rings. The standard InChI is InChI=1S/C14H14N2.C14H22O2.Ni/c1-11-6-5-7-12(2)14(11)16-10-13-8-3-4-9-15-13;1-13(2,3)9-7-10(14(4,5)6)12(16)11(15)8-9;/h3-10H,1-2H3;7-8,15-16H,1-6H3;/q;;+2/p-2. The zero-order valence-electron chi connectivity index (χ0n) is 20.8. The van der Waals surface area contributed by atoms with Gasteiger partial charge in [-0.3, -0.25) is 9.98 Å². The molecule has 0 amide bonds. The first-order valence-corrected chi connectivity index (χ1v) is 10.8. The molecule has 4 nitrogen and oxygen atoms in total. The molecular formula is C28H34N2NiO2. The topological polar surface area (TPSA) is 71.4 Å². The number of rotatable bonds is 2. The van der Waals surface area contributed by atoms with Crippen molar-refractivity contribution >= 4 is 11.9 Å². The van der Waals surface area contributed by atoms with Crippen molar-refractivity contribution in [3.05, 3.63) is 82.7 Å². The molecule has 0 bridgehead atoms. The van der Waals surface area contributed by atoms with E-state index in [0.717, 1.165) is 16.9 Å². The van der Waals surface area contributed by atoms with Crippen LogP contribution in [0.2, 0.25) is 0 Å². The summed E-state index contributed by atoms with van der Waals surface area (Å²) >= 11 is 0. The van der Waals surface area contributed by atoms with Crippen LogP contribution in [0.25, 0.3) is 0 Å². The van der Waals surface area contributed by atoms with Crippen LogP contribution in [0.3, 0.4) is 0 Å². The Morgan fingerprint density at radius 3 is 1.91 bits per heavy atom. The molecule has 0 saturated carbocycles. The molecule has 178 valence electrons. The molecule has 3 rings (SSSR count). The van der Waals surface area contributed by atoms with E-state index in [1.807, 2.05) is 71.9 Å². The Hall–Kier alpha value is -2.65. The summed E-state index contributed by atoms with van der Waals surface area (Å²) in [7, 11) is 0. The molecule has 0 aliphatic carbocycles. The van der Waals surface area contributed by atoms with Crippen LogP contribution in [0.4, 0.5) is 5.69 Å². The average Bonchev–Trinajstić information content (AvgIpc) is 2.69. The second kappa shape index (κ2) is 11.5. The summed E-state index contributed by atoms with van der Waals surface area (Å²) in [6.45, 7) is 16.1. The second-order valence-corrected chi connectivity index (χ2v) is 10.1. The summed E-state index contributed by atoms with van der Waals surface area (Å²) in [5, 5.41) is 23.4. The number of nitrogens with zero attached hydrogens (tertiary/aromatic N) is 2. The molecule has 0 spiro atoms. The second-order valence-electron chi connectivity index (χ2n) is 10.1. The SMILES string of the molecule is CC(C)(C)c1cc([O-])c([O-])c(C(C)(C)C)c1.Cc1cccc(C)c1N=Cc1ccccn1.[Ni+2]. The third kappa shape index (κ3) is 8.01. The van der Waals surface area contributed by atoms with Crippen LogP contribution in [0.15, 0.2) is 59.7 Å². The Morgan fingerprint density at radius 1 is 0.818 bits per heavy atom. The molecule has 1 heterocycles. The van der Waals surface area contributed by atoms with Gasteiger partial charge in [-0.25, -0.2) is 0 Å². The average molecular weight is 489 g/mol. The van der Waals surface area contributed by atoms with E-state index >= 15 is 0 Å². The van der Waals surface area contributed by atoms with E-state index in [2.05, 4.69) is 36.0 Å². The molecule has 0 N–H and O–H groups in total. The monoisotopic (exact) mass is 488 g/mol. The number of aromatic nitrogens is 1. The van der Waals surface area contributed by atoms with Gasteiger partial charge in [0, 0.05) is 6.20 Å². The Balaban J connectivity index is 0.000000320. The maximum atomic E-state index is 11.8. The number of hydrogen-bond acceptors (Lipinski definition) is 4. The summed E-state index contributed by atoms with van der Waals surface area (Å²) in [6.07, 6.45) is 3.57. The molecule has 0 radical (unpaired) electrons. The number of hydrogen-bond donors (Lipinski definition) is 0. The third-order valence-corrected chi connectivity index (χ3v) is 5.18. The van der Waals surface area contributed by atoms with Gasteiger partial charge in [0.2, 0.25) is 0 Å². The normalized spacial score (nSPS) is 11.5. The van der Waals surface area contributed by atoms with Crippen molar-refractivity contribution in [2.75, 3.05) is 0 Å². The third-order valence-electron chi connectivity index (χ3n) is 5.18. The van der Waals surface area contributed by atoms with Gasteiger partial charge in [-0.1, -0.05) is 83.5 Å². The van der Waals surface area contributed by atoms with E-state index in [1.165, 1.54) is 17.2 Å². The zero-order chi connectivity index (χ0) is 24.1. The first-order valence-electron chi connectivity index (χ1n) is 10.8. The molecular weight excluding hydrogens is 455 g/mol. The van der Waals surface area contributed by atoms with E-state index in [4.69, 9.17) is 0 Å². The van der Waals surface area contributed by atoms with E-state index in [9.17, 15) is 10.2 Å². The van der Waals surface area contributed by atoms with Crippen molar-refractivity contribution < 1.29 is 26.7 Å². The van der Waals surface area contributed by atoms with Gasteiger partial charge in [-0.15, -0.1) is 11.5 Å². The minimum atomic E-state index is -0.391. The smallest absolute Gasteiger partial charge is 0.873 e. The predicted molar refractivity (Wildman–Crippen MR) is 130 cm³/mol. The number of aryl methyl sites for hydroxylation is 2. The van der Waals surface area contributed by atoms with Gasteiger partial charge < -0.3 is 10.2 Å². The maximum absolute atomic E-state index is 11.8. The fourth-order valence-corrected chi connectivity index (χ4v) is 3.18. The number of pyridine rings is 1. The maximum Gasteiger partial charge on any atom is 2.00 e. The van der Waals surface area contributed by atoms with Gasteiger partial charge in [0.1, 0.15) is 0 Å². The van der Waals surface area contributed by atoms with Crippen LogP contribution < -0.4 is 10.2 Å². The number of aliphatic imine (C=N–C) groups is 1. The molecule has 1 aromatic heterocycles. The van der Waals surface area contributed by atoms with Gasteiger partial charge in [0.05, 0.1) is 17.6 Å². The summed E-state index contributed by atoms with van der Waals surface area (Å²) in [5.74, 6) is -0.752. The molecule has 0 unspecified atom stereocenters. The number of benzene rings is 2. The van der Waals surface area contributed by atoms with Gasteiger partial charge >= 0.3 is 16.5 Å². The quantitative estimate of drug-likeness (QED) is 0.334. The minimum Gasteiger partial charge on any atom is -0.873 e. The minimum absolute atomic E-state index is 0. The van der Waals surface area contributed by atoms with Crippen LogP contribution in [-0.4, -0.2) is 11.2 Å². The van der Waals surface area contributed by atoms with Gasteiger partial charge in [-0.2, -0.15) is 0 Å². The van der Waals surface area contributed by atoms with E-state index in [1.54, 1.807) is 12.4 Å². The largest absolute Gasteiger partial charge is 2.00 e. The van der Waals surface area contributed by atoms with E-state index < -0.39 is 5.75 Å². The molecule has 2 aromatic carbocycles. The molecule has 0 saturated heterocycles. The first kappa shape index (κ1) is 28.4. The molecule has 33 heavy (non-hydrogen) atoms. The van der Waals surface area contributed by atoms with Gasteiger partial charge in [-0.05, 0) is 53.5 Å². The van der Waals surface area contributed by atoms with Crippen LogP contribution in [0.1, 0.15) is 69.5 Å². The fraction of sp³-hybridized carbons (Fsp3) is 0.357. The fourth-order valence-electron chi connectivity index (χ4n) is 3.18. The van der Waals surface area contributed by atoms with Gasteiger partial charge in [0.25, 0.3) is 0 Å². The Morgan fingerprint density at radius 2 is 1.42 bits per heavy atom. The van der Waals surface area contributed by atoms with Crippen molar-refractivity contribution in [3.8, 4) is 11.5 Å². The van der Waals surface area contributed by atoms with Crippen molar-refractivity contribution in [2.45, 2.75) is 66.2 Å². The molecule has 0 aliphatic heterocycles. The van der Waals surface area contributed by atoms with E-state index in [0.29, 0.717) is 5.56 Å². The zero-order valence-corrected chi connectivity index (χ0v) is 21.8. The van der Waals surface area contributed by atoms with Gasteiger partial charge in [0.15, 0.2) is 0 Å². The van der Waals surface area contributed by atoms with Crippen molar-refractivity contribution in [1.29, 1.82) is 0 Å². The predicted octanol–water partition coefficient (Wildman–Crippen LogP) is 5.88. The van der Waals surface area contributed by atoms with Crippen LogP contribution >= 0.6 is 0 Å². The van der Waals surface area contributed by atoms with Crippen molar-refractivity contribution in [2.24, 2.45) is 4.99 Å². The van der Waals surface area contributed by atoms with E-state index in [-0.39, 0.29) is 33.1 Å². The molecule has 0 atom stereocenters.